The van der Waals surface area contributed by atoms with E-state index in [9.17, 15) is 0 Å². The van der Waals surface area contributed by atoms with Gasteiger partial charge < -0.3 is 19.5 Å². The zero-order valence-corrected chi connectivity index (χ0v) is 13.2. The first-order chi connectivity index (χ1) is 10.2. The van der Waals surface area contributed by atoms with Crippen molar-refractivity contribution >= 4 is 0 Å². The molecule has 2 rings (SSSR count). The molecule has 1 aromatic rings. The molecule has 1 heterocycles. The van der Waals surface area contributed by atoms with Crippen molar-refractivity contribution in [3.63, 3.8) is 0 Å². The van der Waals surface area contributed by atoms with Gasteiger partial charge in [-0.3, -0.25) is 10.9 Å². The van der Waals surface area contributed by atoms with Gasteiger partial charge in [-0.1, -0.05) is 0 Å². The molecule has 0 spiro atoms. The lowest BCUT2D eigenvalue weighted by molar-refractivity contribution is 0.364. The number of hydrogen-bond acceptors (Lipinski definition) is 6. The smallest absolute Gasteiger partial charge is 0.130 e. The molecule has 1 aromatic carbocycles. The molecule has 1 fully saturated rings. The van der Waals surface area contributed by atoms with E-state index in [1.807, 2.05) is 12.1 Å². The predicted octanol–water partition coefficient (Wildman–Crippen LogP) is 0.915. The van der Waals surface area contributed by atoms with Crippen LogP contribution in [0.4, 0.5) is 0 Å². The molecule has 1 saturated heterocycles. The Hall–Kier alpha value is -1.50. The van der Waals surface area contributed by atoms with Crippen LogP contribution in [0.15, 0.2) is 12.1 Å². The summed E-state index contributed by atoms with van der Waals surface area (Å²) in [4.78, 5) is 0. The van der Waals surface area contributed by atoms with E-state index in [4.69, 9.17) is 14.2 Å². The van der Waals surface area contributed by atoms with Gasteiger partial charge in [0.2, 0.25) is 0 Å². The zero-order valence-electron chi connectivity index (χ0n) is 13.2. The topological polar surface area (TPSA) is 63.8 Å². The largest absolute Gasteiger partial charge is 0.496 e. The van der Waals surface area contributed by atoms with Crippen LogP contribution in [0, 0.1) is 5.92 Å². The third-order valence-corrected chi connectivity index (χ3v) is 3.93. The van der Waals surface area contributed by atoms with E-state index in [2.05, 4.69) is 23.1 Å². The number of rotatable bonds is 7. The highest BCUT2D eigenvalue weighted by Gasteiger charge is 2.22. The van der Waals surface area contributed by atoms with Crippen molar-refractivity contribution in [3.05, 3.63) is 17.7 Å². The molecule has 6 nitrogen and oxygen atoms in total. The fourth-order valence-corrected chi connectivity index (χ4v) is 2.53. The molecule has 21 heavy (non-hydrogen) atoms. The summed E-state index contributed by atoms with van der Waals surface area (Å²) >= 11 is 0. The number of hydrogen-bond donors (Lipinski definition) is 3. The third kappa shape index (κ3) is 3.78. The lowest BCUT2D eigenvalue weighted by Gasteiger charge is -2.18. The van der Waals surface area contributed by atoms with Gasteiger partial charge in [0.25, 0.3) is 0 Å². The van der Waals surface area contributed by atoms with Gasteiger partial charge in [-0.2, -0.15) is 0 Å². The van der Waals surface area contributed by atoms with Crippen LogP contribution >= 0.6 is 0 Å². The van der Waals surface area contributed by atoms with Crippen LogP contribution in [0.25, 0.3) is 0 Å². The minimum absolute atomic E-state index is 0.470. The minimum atomic E-state index is 0.470. The van der Waals surface area contributed by atoms with E-state index < -0.39 is 0 Å². The van der Waals surface area contributed by atoms with Crippen LogP contribution in [-0.4, -0.2) is 40.5 Å². The number of benzene rings is 1. The van der Waals surface area contributed by atoms with E-state index in [0.29, 0.717) is 18.5 Å². The number of methoxy groups -OCH3 is 3. The Morgan fingerprint density at radius 1 is 1.14 bits per heavy atom. The summed E-state index contributed by atoms with van der Waals surface area (Å²) in [6, 6.07) is 4.22. The summed E-state index contributed by atoms with van der Waals surface area (Å²) in [7, 11) is 4.95. The zero-order chi connectivity index (χ0) is 15.2. The van der Waals surface area contributed by atoms with E-state index in [0.717, 1.165) is 35.9 Å². The first-order valence-electron chi connectivity index (χ1n) is 7.17. The summed E-state index contributed by atoms with van der Waals surface area (Å²) in [6.45, 7) is 4.78. The second-order valence-electron chi connectivity index (χ2n) is 5.22. The van der Waals surface area contributed by atoms with E-state index in [1.165, 1.54) is 0 Å². The minimum Gasteiger partial charge on any atom is -0.496 e. The van der Waals surface area contributed by atoms with Gasteiger partial charge in [-0.25, -0.2) is 0 Å². The third-order valence-electron chi connectivity index (χ3n) is 3.93. The van der Waals surface area contributed by atoms with Crippen molar-refractivity contribution in [2.24, 2.45) is 5.92 Å². The highest BCUT2D eigenvalue weighted by Crippen LogP contribution is 2.33. The van der Waals surface area contributed by atoms with Gasteiger partial charge in [0.15, 0.2) is 0 Å². The lowest BCUT2D eigenvalue weighted by Crippen LogP contribution is -2.32. The molecule has 3 N–H and O–H groups in total. The van der Waals surface area contributed by atoms with Crippen LogP contribution in [-0.2, 0) is 6.54 Å². The van der Waals surface area contributed by atoms with Crippen LogP contribution < -0.4 is 30.4 Å². The summed E-state index contributed by atoms with van der Waals surface area (Å²) < 4.78 is 16.2. The Balaban J connectivity index is 2.04. The summed E-state index contributed by atoms with van der Waals surface area (Å²) in [6.07, 6.45) is 0. The van der Waals surface area contributed by atoms with Gasteiger partial charge >= 0.3 is 0 Å². The molecule has 1 aliphatic heterocycles. The SMILES string of the molecule is COc1cc(OC)c(CNCC2CNNC2C)c(OC)c1. The molecular formula is C15H25N3O3. The summed E-state index contributed by atoms with van der Waals surface area (Å²) in [5.74, 6) is 2.84. The number of hydrazine groups is 1. The summed E-state index contributed by atoms with van der Waals surface area (Å²) in [5, 5.41) is 3.48. The van der Waals surface area contributed by atoms with Crippen molar-refractivity contribution < 1.29 is 14.2 Å². The van der Waals surface area contributed by atoms with Crippen LogP contribution in [0.5, 0.6) is 17.2 Å². The van der Waals surface area contributed by atoms with Crippen LogP contribution in [0.2, 0.25) is 0 Å². The monoisotopic (exact) mass is 295 g/mol. The molecule has 2 atom stereocenters. The molecule has 0 bridgehead atoms. The van der Waals surface area contributed by atoms with Crippen LogP contribution in [0.1, 0.15) is 12.5 Å². The number of ether oxygens (including phenoxy) is 3. The van der Waals surface area contributed by atoms with E-state index >= 15 is 0 Å². The Labute approximate surface area is 126 Å². The Bertz CT molecular complexity index is 442. The molecule has 0 amide bonds. The lowest BCUT2D eigenvalue weighted by atomic mass is 10.0. The number of nitrogens with one attached hydrogen (secondary N) is 3. The Morgan fingerprint density at radius 2 is 1.81 bits per heavy atom. The molecule has 0 aliphatic carbocycles. The molecule has 0 saturated carbocycles. The molecule has 6 heteroatoms. The highest BCUT2D eigenvalue weighted by atomic mass is 16.5. The van der Waals surface area contributed by atoms with Crippen molar-refractivity contribution in [3.8, 4) is 17.2 Å². The van der Waals surface area contributed by atoms with Crippen LogP contribution in [0.3, 0.4) is 0 Å². The normalized spacial score (nSPS) is 21.3. The van der Waals surface area contributed by atoms with Gasteiger partial charge in [0.1, 0.15) is 17.2 Å². The second-order valence-corrected chi connectivity index (χ2v) is 5.22. The fourth-order valence-electron chi connectivity index (χ4n) is 2.53. The first-order valence-corrected chi connectivity index (χ1v) is 7.17. The summed E-state index contributed by atoms with van der Waals surface area (Å²) in [5.41, 5.74) is 7.40. The predicted molar refractivity (Wildman–Crippen MR) is 81.9 cm³/mol. The van der Waals surface area contributed by atoms with Crippen molar-refractivity contribution in [2.75, 3.05) is 34.4 Å². The van der Waals surface area contributed by atoms with Gasteiger partial charge in [0, 0.05) is 43.7 Å². The maximum atomic E-state index is 5.45. The molecule has 0 radical (unpaired) electrons. The quantitative estimate of drug-likeness (QED) is 0.695. The highest BCUT2D eigenvalue weighted by molar-refractivity contribution is 5.50. The second kappa shape index (κ2) is 7.49. The molecule has 2 unspecified atom stereocenters. The standard InChI is InChI=1S/C15H25N3O3/c1-10-11(8-17-18-10)7-16-9-13-14(20-3)5-12(19-2)6-15(13)21-4/h5-6,10-11,16-18H,7-9H2,1-4H3. The molecule has 0 aromatic heterocycles. The van der Waals surface area contributed by atoms with Crippen molar-refractivity contribution in [2.45, 2.75) is 19.5 Å². The first kappa shape index (κ1) is 15.9. The average molecular weight is 295 g/mol. The maximum absolute atomic E-state index is 5.45. The van der Waals surface area contributed by atoms with Gasteiger partial charge in [-0.05, 0) is 6.92 Å². The fraction of sp³-hybridized carbons (Fsp3) is 0.600. The maximum Gasteiger partial charge on any atom is 0.130 e. The molecule has 1 aliphatic rings. The van der Waals surface area contributed by atoms with Crippen molar-refractivity contribution in [1.29, 1.82) is 0 Å². The Kier molecular flexibility index (Phi) is 5.67. The molecular weight excluding hydrogens is 270 g/mol. The van der Waals surface area contributed by atoms with E-state index in [1.54, 1.807) is 21.3 Å². The van der Waals surface area contributed by atoms with E-state index in [-0.39, 0.29) is 0 Å². The Morgan fingerprint density at radius 3 is 2.29 bits per heavy atom. The molecule has 118 valence electrons. The van der Waals surface area contributed by atoms with Gasteiger partial charge in [0.05, 0.1) is 26.9 Å². The average Bonchev–Trinajstić information content (AvgIpc) is 2.92. The van der Waals surface area contributed by atoms with Crippen molar-refractivity contribution in [1.82, 2.24) is 16.2 Å². The van der Waals surface area contributed by atoms with Gasteiger partial charge in [-0.15, -0.1) is 0 Å².